The Hall–Kier alpha value is -2.63. The summed E-state index contributed by atoms with van der Waals surface area (Å²) >= 11 is 0. The molecule has 180 valence electrons. The van der Waals surface area contributed by atoms with Crippen LogP contribution >= 0.6 is 0 Å². The van der Waals surface area contributed by atoms with Gasteiger partial charge in [0.1, 0.15) is 17.3 Å². The zero-order chi connectivity index (χ0) is 24.1. The molecule has 1 aliphatic rings. The molecule has 0 unspecified atom stereocenters. The van der Waals surface area contributed by atoms with Gasteiger partial charge in [-0.25, -0.2) is 0 Å². The largest absolute Gasteiger partial charge is 0.416 e. The molecule has 1 amide bonds. The predicted octanol–water partition coefficient (Wildman–Crippen LogP) is 3.63. The molecule has 1 aliphatic heterocycles. The van der Waals surface area contributed by atoms with E-state index in [2.05, 4.69) is 0 Å². The minimum atomic E-state index is -4.70. The summed E-state index contributed by atoms with van der Waals surface area (Å²) in [6.45, 7) is 0.734. The van der Waals surface area contributed by atoms with E-state index in [4.69, 9.17) is 13.7 Å². The smallest absolute Gasteiger partial charge is 0.379 e. The molecule has 7 nitrogen and oxygen atoms in total. The highest BCUT2D eigenvalue weighted by atomic mass is 32.2. The van der Waals surface area contributed by atoms with Crippen LogP contribution in [0.4, 0.5) is 13.2 Å². The van der Waals surface area contributed by atoms with E-state index >= 15 is 0 Å². The monoisotopic (exact) mass is 487 g/mol. The first-order valence-corrected chi connectivity index (χ1v) is 11.6. The van der Waals surface area contributed by atoms with Crippen LogP contribution in [0.15, 0.2) is 53.4 Å². The Kier molecular flexibility index (Phi) is 7.98. The van der Waals surface area contributed by atoms with E-state index in [1.165, 1.54) is 24.1 Å². The zero-order valence-electron chi connectivity index (χ0n) is 17.9. The normalized spacial score (nSPS) is 16.5. The van der Waals surface area contributed by atoms with Crippen molar-refractivity contribution < 1.29 is 40.0 Å². The van der Waals surface area contributed by atoms with Gasteiger partial charge in [-0.2, -0.15) is 21.6 Å². The summed E-state index contributed by atoms with van der Waals surface area (Å²) in [5.74, 6) is -0.402. The molecule has 1 heterocycles. The van der Waals surface area contributed by atoms with Gasteiger partial charge in [0.05, 0.1) is 11.7 Å². The van der Waals surface area contributed by atoms with Crippen LogP contribution in [0.5, 0.6) is 5.75 Å². The molecule has 1 saturated heterocycles. The first-order chi connectivity index (χ1) is 15.6. The fourth-order valence-electron chi connectivity index (χ4n) is 3.42. The second kappa shape index (κ2) is 10.5. The summed E-state index contributed by atoms with van der Waals surface area (Å²) in [7, 11) is -3.17. The van der Waals surface area contributed by atoms with Gasteiger partial charge in [0.25, 0.3) is 0 Å². The maximum atomic E-state index is 13.0. The minimum absolute atomic E-state index is 0.0103. The maximum Gasteiger partial charge on any atom is 0.416 e. The van der Waals surface area contributed by atoms with Gasteiger partial charge in [-0.15, -0.1) is 0 Å². The van der Waals surface area contributed by atoms with Crippen molar-refractivity contribution in [3.63, 3.8) is 0 Å². The third kappa shape index (κ3) is 6.68. The Morgan fingerprint density at radius 1 is 1.18 bits per heavy atom. The maximum absolute atomic E-state index is 13.0. The lowest BCUT2D eigenvalue weighted by atomic mass is 10.1. The number of hydrogen-bond donors (Lipinski definition) is 0. The highest BCUT2D eigenvalue weighted by Crippen LogP contribution is 2.32. The van der Waals surface area contributed by atoms with Crippen molar-refractivity contribution in [2.45, 2.75) is 36.6 Å². The number of amides is 1. The van der Waals surface area contributed by atoms with E-state index in [0.29, 0.717) is 18.2 Å². The molecule has 2 aromatic carbocycles. The van der Waals surface area contributed by atoms with Crippen molar-refractivity contribution >= 4 is 16.0 Å². The number of alkyl halides is 3. The molecule has 0 aromatic heterocycles. The predicted molar refractivity (Wildman–Crippen MR) is 112 cm³/mol. The molecule has 33 heavy (non-hydrogen) atoms. The first kappa shape index (κ1) is 25.0. The van der Waals surface area contributed by atoms with Crippen LogP contribution in [0.25, 0.3) is 0 Å². The van der Waals surface area contributed by atoms with Crippen LogP contribution in [-0.2, 0) is 37.1 Å². The average molecular weight is 487 g/mol. The number of ether oxygens (including phenoxy) is 2. The van der Waals surface area contributed by atoms with Crippen LogP contribution in [-0.4, -0.2) is 52.2 Å². The topological polar surface area (TPSA) is 82.1 Å². The summed E-state index contributed by atoms with van der Waals surface area (Å²) in [4.78, 5) is 13.4. The third-order valence-corrected chi connectivity index (χ3v) is 6.28. The van der Waals surface area contributed by atoms with E-state index in [-0.39, 0.29) is 37.5 Å². The number of rotatable bonds is 9. The fraction of sp³-hybridized carbons (Fsp3) is 0.409. The SMILES string of the molecule is COCC(=O)N(Cc1ccccc1OS(=O)(=O)c1cccc(C(F)(F)F)c1)C[C@H]1CCCO1. The fourth-order valence-corrected chi connectivity index (χ4v) is 4.43. The lowest BCUT2D eigenvalue weighted by Crippen LogP contribution is -2.39. The van der Waals surface area contributed by atoms with Gasteiger partial charge in [0.2, 0.25) is 5.91 Å². The molecule has 0 spiro atoms. The molecule has 2 aromatic rings. The molecule has 0 N–H and O–H groups in total. The van der Waals surface area contributed by atoms with Crippen molar-refractivity contribution in [2.24, 2.45) is 0 Å². The quantitative estimate of drug-likeness (QED) is 0.503. The Balaban J connectivity index is 1.85. The van der Waals surface area contributed by atoms with E-state index in [9.17, 15) is 26.4 Å². The number of para-hydroxylation sites is 1. The second-order valence-electron chi connectivity index (χ2n) is 7.51. The van der Waals surface area contributed by atoms with Gasteiger partial charge in [0.15, 0.2) is 0 Å². The number of methoxy groups -OCH3 is 1. The number of carbonyl (C=O) groups excluding carboxylic acids is 1. The molecule has 0 aliphatic carbocycles. The summed E-state index contributed by atoms with van der Waals surface area (Å²) in [5.41, 5.74) is -0.733. The number of hydrogen-bond acceptors (Lipinski definition) is 6. The standard InChI is InChI=1S/C22H24F3NO6S/c1-30-15-21(27)26(14-18-8-5-11-31-18)13-16-6-2-3-10-20(16)32-33(28,29)19-9-4-7-17(12-19)22(23,24)25/h2-4,6-7,9-10,12,18H,5,8,11,13-15H2,1H3/t18-/m1/s1. The Labute approximate surface area is 190 Å². The van der Waals surface area contributed by atoms with E-state index in [1.54, 1.807) is 12.1 Å². The van der Waals surface area contributed by atoms with Gasteiger partial charge >= 0.3 is 16.3 Å². The van der Waals surface area contributed by atoms with Gasteiger partial charge in [0, 0.05) is 32.4 Å². The van der Waals surface area contributed by atoms with Gasteiger partial charge in [-0.3, -0.25) is 4.79 Å². The van der Waals surface area contributed by atoms with Crippen LogP contribution < -0.4 is 4.18 Å². The number of halogens is 3. The van der Waals surface area contributed by atoms with Crippen LogP contribution in [0.3, 0.4) is 0 Å². The van der Waals surface area contributed by atoms with E-state index in [1.807, 2.05) is 0 Å². The number of nitrogens with zero attached hydrogens (tertiary/aromatic N) is 1. The van der Waals surface area contributed by atoms with Crippen LogP contribution in [0.1, 0.15) is 24.0 Å². The van der Waals surface area contributed by atoms with Crippen LogP contribution in [0, 0.1) is 0 Å². The zero-order valence-corrected chi connectivity index (χ0v) is 18.7. The third-order valence-electron chi connectivity index (χ3n) is 5.05. The van der Waals surface area contributed by atoms with Crippen molar-refractivity contribution in [3.8, 4) is 5.75 Å². The Morgan fingerprint density at radius 2 is 1.94 bits per heavy atom. The summed E-state index contributed by atoms with van der Waals surface area (Å²) < 4.78 is 80.2. The molecular formula is C22H24F3NO6S. The van der Waals surface area contributed by atoms with Crippen LogP contribution in [0.2, 0.25) is 0 Å². The highest BCUT2D eigenvalue weighted by molar-refractivity contribution is 7.87. The van der Waals surface area contributed by atoms with Gasteiger partial charge < -0.3 is 18.6 Å². The molecule has 0 saturated carbocycles. The lowest BCUT2D eigenvalue weighted by molar-refractivity contribution is -0.138. The van der Waals surface area contributed by atoms with Gasteiger partial charge in [-0.1, -0.05) is 24.3 Å². The Morgan fingerprint density at radius 3 is 2.61 bits per heavy atom. The minimum Gasteiger partial charge on any atom is -0.379 e. The molecule has 3 rings (SSSR count). The lowest BCUT2D eigenvalue weighted by Gasteiger charge is -2.26. The van der Waals surface area contributed by atoms with Crippen molar-refractivity contribution in [2.75, 3.05) is 26.9 Å². The highest BCUT2D eigenvalue weighted by Gasteiger charge is 2.32. The molecule has 1 atom stereocenters. The van der Waals surface area contributed by atoms with Crippen molar-refractivity contribution in [1.29, 1.82) is 0 Å². The summed E-state index contributed by atoms with van der Waals surface area (Å²) in [5, 5.41) is 0. The molecule has 0 bridgehead atoms. The number of carbonyl (C=O) groups is 1. The summed E-state index contributed by atoms with van der Waals surface area (Å²) in [6.07, 6.45) is -3.17. The van der Waals surface area contributed by atoms with E-state index < -0.39 is 26.8 Å². The average Bonchev–Trinajstić information content (AvgIpc) is 3.27. The molecular weight excluding hydrogens is 463 g/mol. The number of benzene rings is 2. The Bertz CT molecular complexity index is 1070. The van der Waals surface area contributed by atoms with Crippen molar-refractivity contribution in [3.05, 3.63) is 59.7 Å². The van der Waals surface area contributed by atoms with E-state index in [0.717, 1.165) is 31.0 Å². The van der Waals surface area contributed by atoms with Crippen molar-refractivity contribution in [1.82, 2.24) is 4.90 Å². The molecule has 1 fully saturated rings. The second-order valence-corrected chi connectivity index (χ2v) is 9.06. The van der Waals surface area contributed by atoms with Gasteiger partial charge in [-0.05, 0) is 37.1 Å². The molecule has 11 heteroatoms. The summed E-state index contributed by atoms with van der Waals surface area (Å²) in [6, 6.07) is 9.45. The first-order valence-electron chi connectivity index (χ1n) is 10.2. The molecule has 0 radical (unpaired) electrons.